The highest BCUT2D eigenvalue weighted by molar-refractivity contribution is 5.71. The normalized spacial score (nSPS) is 26.7. The van der Waals surface area contributed by atoms with Gasteiger partial charge in [0, 0.05) is 12.6 Å². The van der Waals surface area contributed by atoms with Crippen LogP contribution in [0.5, 0.6) is 0 Å². The Morgan fingerprint density at radius 1 is 1.45 bits per heavy atom. The highest BCUT2D eigenvalue weighted by Crippen LogP contribution is 2.32. The third kappa shape index (κ3) is 3.57. The van der Waals surface area contributed by atoms with Crippen molar-refractivity contribution >= 4 is 5.97 Å². The van der Waals surface area contributed by atoms with Gasteiger partial charge in [-0.05, 0) is 49.9 Å². The SMILES string of the molecule is CC1CCC(C(=O)O)C(N(C)Cc2cccc(F)c2)C1. The van der Waals surface area contributed by atoms with Gasteiger partial charge in [0.2, 0.25) is 0 Å². The molecule has 110 valence electrons. The van der Waals surface area contributed by atoms with Crippen LogP contribution in [-0.4, -0.2) is 29.1 Å². The average molecular weight is 279 g/mol. The number of benzene rings is 1. The van der Waals surface area contributed by atoms with Crippen LogP contribution in [0, 0.1) is 17.7 Å². The van der Waals surface area contributed by atoms with Crippen molar-refractivity contribution in [2.75, 3.05) is 7.05 Å². The summed E-state index contributed by atoms with van der Waals surface area (Å²) in [6.45, 7) is 2.75. The van der Waals surface area contributed by atoms with Crippen LogP contribution in [0.25, 0.3) is 0 Å². The Kier molecular flexibility index (Phi) is 4.76. The van der Waals surface area contributed by atoms with Gasteiger partial charge in [-0.1, -0.05) is 19.1 Å². The zero-order chi connectivity index (χ0) is 14.7. The van der Waals surface area contributed by atoms with Crippen LogP contribution in [0.15, 0.2) is 24.3 Å². The molecule has 3 unspecified atom stereocenters. The number of carboxylic acid groups (broad SMARTS) is 1. The molecule has 1 N–H and O–H groups in total. The maximum atomic E-state index is 13.2. The van der Waals surface area contributed by atoms with Gasteiger partial charge < -0.3 is 5.11 Å². The third-order valence-electron chi connectivity index (χ3n) is 4.28. The van der Waals surface area contributed by atoms with Crippen LogP contribution >= 0.6 is 0 Å². The van der Waals surface area contributed by atoms with E-state index in [9.17, 15) is 14.3 Å². The Balaban J connectivity index is 2.08. The van der Waals surface area contributed by atoms with Crippen LogP contribution < -0.4 is 0 Å². The second-order valence-electron chi connectivity index (χ2n) is 5.98. The molecular formula is C16H22FNO2. The van der Waals surface area contributed by atoms with Crippen molar-refractivity contribution in [2.45, 2.75) is 38.8 Å². The molecule has 1 aliphatic carbocycles. The van der Waals surface area contributed by atoms with E-state index in [4.69, 9.17) is 0 Å². The molecule has 3 nitrogen and oxygen atoms in total. The van der Waals surface area contributed by atoms with Gasteiger partial charge in [-0.25, -0.2) is 4.39 Å². The first-order valence-corrected chi connectivity index (χ1v) is 7.15. The minimum absolute atomic E-state index is 0.0273. The molecule has 0 saturated heterocycles. The van der Waals surface area contributed by atoms with E-state index in [1.807, 2.05) is 13.1 Å². The molecule has 1 aromatic carbocycles. The monoisotopic (exact) mass is 279 g/mol. The molecule has 1 aromatic rings. The van der Waals surface area contributed by atoms with E-state index in [0.29, 0.717) is 12.5 Å². The number of halogens is 1. The minimum Gasteiger partial charge on any atom is -0.481 e. The van der Waals surface area contributed by atoms with Crippen molar-refractivity contribution in [1.29, 1.82) is 0 Å². The molecule has 2 rings (SSSR count). The molecule has 4 heteroatoms. The molecule has 0 spiro atoms. The maximum Gasteiger partial charge on any atom is 0.308 e. The van der Waals surface area contributed by atoms with Gasteiger partial charge >= 0.3 is 5.97 Å². The third-order valence-corrected chi connectivity index (χ3v) is 4.28. The summed E-state index contributed by atoms with van der Waals surface area (Å²) in [5, 5.41) is 9.37. The predicted molar refractivity (Wildman–Crippen MR) is 75.8 cm³/mol. The van der Waals surface area contributed by atoms with Crippen molar-refractivity contribution in [3.63, 3.8) is 0 Å². The van der Waals surface area contributed by atoms with Gasteiger partial charge in [-0.3, -0.25) is 9.69 Å². The lowest BCUT2D eigenvalue weighted by Crippen LogP contribution is -2.44. The van der Waals surface area contributed by atoms with Crippen molar-refractivity contribution < 1.29 is 14.3 Å². The zero-order valence-corrected chi connectivity index (χ0v) is 12.1. The van der Waals surface area contributed by atoms with Crippen LogP contribution in [0.3, 0.4) is 0 Å². The molecule has 0 aromatic heterocycles. The highest BCUT2D eigenvalue weighted by Gasteiger charge is 2.35. The summed E-state index contributed by atoms with van der Waals surface area (Å²) >= 11 is 0. The van der Waals surface area contributed by atoms with Crippen molar-refractivity contribution in [1.82, 2.24) is 4.90 Å². The Morgan fingerprint density at radius 2 is 2.20 bits per heavy atom. The molecule has 0 radical (unpaired) electrons. The molecule has 1 fully saturated rings. The first-order chi connectivity index (χ1) is 9.47. The predicted octanol–water partition coefficient (Wildman–Crippen LogP) is 3.15. The lowest BCUT2D eigenvalue weighted by atomic mass is 9.78. The fourth-order valence-electron chi connectivity index (χ4n) is 3.17. The van der Waals surface area contributed by atoms with Gasteiger partial charge in [0.1, 0.15) is 5.82 Å². The summed E-state index contributed by atoms with van der Waals surface area (Å²) in [7, 11) is 1.93. The molecule has 20 heavy (non-hydrogen) atoms. The molecule has 3 atom stereocenters. The molecule has 0 aliphatic heterocycles. The summed E-state index contributed by atoms with van der Waals surface area (Å²) in [4.78, 5) is 13.5. The van der Waals surface area contributed by atoms with E-state index in [1.54, 1.807) is 6.07 Å². The minimum atomic E-state index is -0.715. The Hall–Kier alpha value is -1.42. The Bertz CT molecular complexity index is 477. The summed E-state index contributed by atoms with van der Waals surface area (Å²) in [6, 6.07) is 6.53. The number of carboxylic acids is 1. The number of hydrogen-bond donors (Lipinski definition) is 1. The number of aliphatic carboxylic acids is 1. The van der Waals surface area contributed by atoms with Crippen LogP contribution in [-0.2, 0) is 11.3 Å². The fourth-order valence-corrected chi connectivity index (χ4v) is 3.17. The number of carbonyl (C=O) groups is 1. The van der Waals surface area contributed by atoms with Crippen molar-refractivity contribution in [2.24, 2.45) is 11.8 Å². The number of rotatable bonds is 4. The largest absolute Gasteiger partial charge is 0.481 e. The van der Waals surface area contributed by atoms with E-state index >= 15 is 0 Å². The molecular weight excluding hydrogens is 257 g/mol. The average Bonchev–Trinajstić information content (AvgIpc) is 2.38. The van der Waals surface area contributed by atoms with E-state index in [2.05, 4.69) is 11.8 Å². The van der Waals surface area contributed by atoms with Gasteiger partial charge in [0.05, 0.1) is 5.92 Å². The lowest BCUT2D eigenvalue weighted by molar-refractivity contribution is -0.146. The molecule has 0 bridgehead atoms. The van der Waals surface area contributed by atoms with Crippen molar-refractivity contribution in [3.05, 3.63) is 35.6 Å². The second-order valence-corrected chi connectivity index (χ2v) is 5.98. The van der Waals surface area contributed by atoms with Gasteiger partial charge in [0.15, 0.2) is 0 Å². The molecule has 0 amide bonds. The quantitative estimate of drug-likeness (QED) is 0.920. The standard InChI is InChI=1S/C16H22FNO2/c1-11-6-7-14(16(19)20)15(8-11)18(2)10-12-4-3-5-13(17)9-12/h3-5,9,11,14-15H,6-8,10H2,1-2H3,(H,19,20). The van der Waals surface area contributed by atoms with Crippen molar-refractivity contribution in [3.8, 4) is 0 Å². The molecule has 0 heterocycles. The van der Waals surface area contributed by atoms with Gasteiger partial charge in [0.25, 0.3) is 0 Å². The van der Waals surface area contributed by atoms with Gasteiger partial charge in [-0.15, -0.1) is 0 Å². The summed E-state index contributed by atoms with van der Waals surface area (Å²) in [6.07, 6.45) is 2.60. The molecule has 1 aliphatic rings. The molecule has 1 saturated carbocycles. The maximum absolute atomic E-state index is 13.2. The van der Waals surface area contributed by atoms with E-state index < -0.39 is 5.97 Å². The first kappa shape index (κ1) is 15.0. The van der Waals surface area contributed by atoms with E-state index in [1.165, 1.54) is 12.1 Å². The van der Waals surface area contributed by atoms with E-state index in [-0.39, 0.29) is 17.8 Å². The van der Waals surface area contributed by atoms with E-state index in [0.717, 1.165) is 24.8 Å². The van der Waals surface area contributed by atoms with Gasteiger partial charge in [-0.2, -0.15) is 0 Å². The lowest BCUT2D eigenvalue weighted by Gasteiger charge is -2.38. The summed E-state index contributed by atoms with van der Waals surface area (Å²) < 4.78 is 13.2. The Labute approximate surface area is 119 Å². The number of nitrogens with zero attached hydrogens (tertiary/aromatic N) is 1. The Morgan fingerprint density at radius 3 is 2.85 bits per heavy atom. The first-order valence-electron chi connectivity index (χ1n) is 7.15. The number of hydrogen-bond acceptors (Lipinski definition) is 2. The topological polar surface area (TPSA) is 40.5 Å². The second kappa shape index (κ2) is 6.35. The fraction of sp³-hybridized carbons (Fsp3) is 0.562. The highest BCUT2D eigenvalue weighted by atomic mass is 19.1. The summed E-state index contributed by atoms with van der Waals surface area (Å²) in [5.41, 5.74) is 0.884. The smallest absolute Gasteiger partial charge is 0.308 e. The zero-order valence-electron chi connectivity index (χ0n) is 12.1. The van der Waals surface area contributed by atoms with Crippen LogP contribution in [0.4, 0.5) is 4.39 Å². The summed E-state index contributed by atoms with van der Waals surface area (Å²) in [5.74, 6) is -0.731. The van der Waals surface area contributed by atoms with Crippen LogP contribution in [0.1, 0.15) is 31.7 Å². The van der Waals surface area contributed by atoms with Crippen LogP contribution in [0.2, 0.25) is 0 Å².